The molecule has 8 heteroatoms. The quantitative estimate of drug-likeness (QED) is 0.729. The van der Waals surface area contributed by atoms with Crippen molar-refractivity contribution in [2.75, 3.05) is 6.54 Å². The summed E-state index contributed by atoms with van der Waals surface area (Å²) in [5.74, 6) is 0. The standard InChI is InChI=1S/C19H29BrN2O4S/c1-13-9-10-17(15(20)12-13)27(24,25)22-11-7-6-8-16(22)14(2)21-18(23)26-19(3,4)5/h9-10,12,14,16H,6-8,11H2,1-5H3,(H,21,23)/t14-,16-/m1/s1. The Bertz CT molecular complexity index is 789. The molecule has 0 aromatic heterocycles. The van der Waals surface area contributed by atoms with E-state index in [9.17, 15) is 13.2 Å². The van der Waals surface area contributed by atoms with Crippen LogP contribution >= 0.6 is 15.9 Å². The second-order valence-corrected chi connectivity index (χ2v) is 10.8. The number of sulfonamides is 1. The van der Waals surface area contributed by atoms with Crippen LogP contribution in [-0.4, -0.2) is 43.0 Å². The number of amides is 1. The summed E-state index contributed by atoms with van der Waals surface area (Å²) in [4.78, 5) is 12.4. The minimum absolute atomic E-state index is 0.254. The molecule has 0 spiro atoms. The average Bonchev–Trinajstić information content (AvgIpc) is 2.52. The summed E-state index contributed by atoms with van der Waals surface area (Å²) in [6, 6.07) is 4.54. The van der Waals surface area contributed by atoms with Crippen molar-refractivity contribution in [1.29, 1.82) is 0 Å². The molecule has 0 bridgehead atoms. The van der Waals surface area contributed by atoms with E-state index in [1.54, 1.807) is 39.0 Å². The normalized spacial score (nSPS) is 20.1. The molecule has 2 atom stereocenters. The predicted octanol–water partition coefficient (Wildman–Crippen LogP) is 4.21. The van der Waals surface area contributed by atoms with E-state index in [0.717, 1.165) is 18.4 Å². The van der Waals surface area contributed by atoms with Crippen molar-refractivity contribution < 1.29 is 17.9 Å². The van der Waals surface area contributed by atoms with Crippen LogP contribution in [0.25, 0.3) is 0 Å². The number of ether oxygens (including phenoxy) is 1. The molecule has 0 radical (unpaired) electrons. The second kappa shape index (κ2) is 8.49. The number of alkyl carbamates (subject to hydrolysis) is 1. The highest BCUT2D eigenvalue weighted by Gasteiger charge is 2.38. The van der Waals surface area contributed by atoms with E-state index < -0.39 is 21.7 Å². The van der Waals surface area contributed by atoms with E-state index in [1.807, 2.05) is 13.8 Å². The lowest BCUT2D eigenvalue weighted by Gasteiger charge is -2.38. The van der Waals surface area contributed by atoms with Crippen LogP contribution in [0.5, 0.6) is 0 Å². The summed E-state index contributed by atoms with van der Waals surface area (Å²) in [6.07, 6.45) is 1.89. The average molecular weight is 461 g/mol. The summed E-state index contributed by atoms with van der Waals surface area (Å²) >= 11 is 3.38. The Hall–Kier alpha value is -1.12. The highest BCUT2D eigenvalue weighted by atomic mass is 79.9. The third-order valence-electron chi connectivity index (χ3n) is 4.49. The molecule has 1 aliphatic heterocycles. The number of halogens is 1. The molecule has 1 amide bonds. The molecule has 0 unspecified atom stereocenters. The van der Waals surface area contributed by atoms with Gasteiger partial charge in [0.05, 0.1) is 4.90 Å². The van der Waals surface area contributed by atoms with Gasteiger partial charge in [-0.05, 0) is 81.1 Å². The fourth-order valence-corrected chi connectivity index (χ4v) is 6.18. The zero-order valence-corrected chi connectivity index (χ0v) is 19.0. The van der Waals surface area contributed by atoms with Gasteiger partial charge in [0.1, 0.15) is 5.60 Å². The fourth-order valence-electron chi connectivity index (χ4n) is 3.26. The zero-order valence-electron chi connectivity index (χ0n) is 16.6. The topological polar surface area (TPSA) is 75.7 Å². The first-order valence-electron chi connectivity index (χ1n) is 9.19. The SMILES string of the molecule is Cc1ccc(S(=O)(=O)N2CCCC[C@@H]2[C@@H](C)NC(=O)OC(C)(C)C)c(Br)c1. The van der Waals surface area contributed by atoms with Gasteiger partial charge in [-0.25, -0.2) is 13.2 Å². The second-order valence-electron chi connectivity index (χ2n) is 8.05. The molecule has 0 saturated carbocycles. The Labute approximate surface area is 170 Å². The van der Waals surface area contributed by atoms with Gasteiger partial charge in [0, 0.05) is 23.1 Å². The van der Waals surface area contributed by atoms with Gasteiger partial charge >= 0.3 is 6.09 Å². The smallest absolute Gasteiger partial charge is 0.407 e. The number of piperidine rings is 1. The zero-order chi connectivity index (χ0) is 20.4. The molecule has 152 valence electrons. The first-order valence-corrected chi connectivity index (χ1v) is 11.4. The van der Waals surface area contributed by atoms with Crippen LogP contribution in [-0.2, 0) is 14.8 Å². The van der Waals surface area contributed by atoms with Crippen LogP contribution < -0.4 is 5.32 Å². The van der Waals surface area contributed by atoms with Gasteiger partial charge in [-0.15, -0.1) is 0 Å². The van der Waals surface area contributed by atoms with Crippen LogP contribution in [0, 0.1) is 6.92 Å². The monoisotopic (exact) mass is 460 g/mol. The van der Waals surface area contributed by atoms with Crippen LogP contribution in [0.2, 0.25) is 0 Å². The third-order valence-corrected chi connectivity index (χ3v) is 7.40. The Morgan fingerprint density at radius 3 is 2.59 bits per heavy atom. The van der Waals surface area contributed by atoms with Crippen LogP contribution in [0.1, 0.15) is 52.5 Å². The van der Waals surface area contributed by atoms with Crippen molar-refractivity contribution >= 4 is 32.0 Å². The van der Waals surface area contributed by atoms with Crippen LogP contribution in [0.15, 0.2) is 27.6 Å². The number of nitrogens with zero attached hydrogens (tertiary/aromatic N) is 1. The lowest BCUT2D eigenvalue weighted by Crippen LogP contribution is -2.54. The van der Waals surface area contributed by atoms with Crippen molar-refractivity contribution in [3.63, 3.8) is 0 Å². The number of hydrogen-bond acceptors (Lipinski definition) is 4. The Morgan fingerprint density at radius 2 is 2.00 bits per heavy atom. The molecule has 1 fully saturated rings. The van der Waals surface area contributed by atoms with Gasteiger partial charge in [0.25, 0.3) is 0 Å². The minimum atomic E-state index is -3.68. The first-order chi connectivity index (χ1) is 12.4. The van der Waals surface area contributed by atoms with Gasteiger partial charge in [0.15, 0.2) is 0 Å². The van der Waals surface area contributed by atoms with E-state index in [2.05, 4.69) is 21.2 Å². The lowest BCUT2D eigenvalue weighted by atomic mass is 9.99. The highest BCUT2D eigenvalue weighted by molar-refractivity contribution is 9.10. The molecule has 1 aromatic rings. The molecule has 1 aromatic carbocycles. The number of hydrogen-bond donors (Lipinski definition) is 1. The molecule has 0 aliphatic carbocycles. The molecule has 2 rings (SSSR count). The molecule has 1 N–H and O–H groups in total. The van der Waals surface area contributed by atoms with Crippen LogP contribution in [0.4, 0.5) is 4.79 Å². The third kappa shape index (κ3) is 5.68. The van der Waals surface area contributed by atoms with Crippen molar-refractivity contribution in [1.82, 2.24) is 9.62 Å². The number of rotatable bonds is 4. The van der Waals surface area contributed by atoms with E-state index in [1.165, 1.54) is 4.31 Å². The summed E-state index contributed by atoms with van der Waals surface area (Å²) in [5.41, 5.74) is 0.380. The van der Waals surface area contributed by atoms with E-state index in [4.69, 9.17) is 4.74 Å². The van der Waals surface area contributed by atoms with E-state index >= 15 is 0 Å². The van der Waals surface area contributed by atoms with Crippen molar-refractivity contribution in [2.24, 2.45) is 0 Å². The van der Waals surface area contributed by atoms with Gasteiger partial charge < -0.3 is 10.1 Å². The largest absolute Gasteiger partial charge is 0.444 e. The maximum absolute atomic E-state index is 13.3. The maximum Gasteiger partial charge on any atom is 0.407 e. The van der Waals surface area contributed by atoms with Gasteiger partial charge in [-0.3, -0.25) is 0 Å². The molecule has 6 nitrogen and oxygen atoms in total. The highest BCUT2D eigenvalue weighted by Crippen LogP contribution is 2.31. The fraction of sp³-hybridized carbons (Fsp3) is 0.632. The number of benzene rings is 1. The summed E-state index contributed by atoms with van der Waals surface area (Å²) in [7, 11) is -3.68. The van der Waals surface area contributed by atoms with Crippen LogP contribution in [0.3, 0.4) is 0 Å². The molecular weight excluding hydrogens is 432 g/mol. The number of nitrogens with one attached hydrogen (secondary N) is 1. The molecular formula is C19H29BrN2O4S. The van der Waals surface area contributed by atoms with Crippen molar-refractivity contribution in [3.05, 3.63) is 28.2 Å². The van der Waals surface area contributed by atoms with Crippen molar-refractivity contribution in [3.8, 4) is 0 Å². The molecule has 1 aliphatic rings. The van der Waals surface area contributed by atoms with E-state index in [0.29, 0.717) is 17.4 Å². The predicted molar refractivity (Wildman–Crippen MR) is 109 cm³/mol. The van der Waals surface area contributed by atoms with E-state index in [-0.39, 0.29) is 17.0 Å². The summed E-state index contributed by atoms with van der Waals surface area (Å²) < 4.78 is 34.0. The van der Waals surface area contributed by atoms with Gasteiger partial charge in [-0.1, -0.05) is 12.5 Å². The Kier molecular flexibility index (Phi) is 6.97. The van der Waals surface area contributed by atoms with Crippen molar-refractivity contribution in [2.45, 2.75) is 76.5 Å². The minimum Gasteiger partial charge on any atom is -0.444 e. The summed E-state index contributed by atoms with van der Waals surface area (Å²) in [6.45, 7) is 9.56. The Morgan fingerprint density at radius 1 is 1.33 bits per heavy atom. The lowest BCUT2D eigenvalue weighted by molar-refractivity contribution is 0.0478. The molecule has 1 saturated heterocycles. The number of aryl methyl sites for hydroxylation is 1. The van der Waals surface area contributed by atoms with Gasteiger partial charge in [0.2, 0.25) is 10.0 Å². The Balaban J connectivity index is 2.24. The number of carbonyl (C=O) groups is 1. The molecule has 27 heavy (non-hydrogen) atoms. The first kappa shape index (κ1) is 22.2. The maximum atomic E-state index is 13.3. The molecule has 1 heterocycles. The van der Waals surface area contributed by atoms with Gasteiger partial charge in [-0.2, -0.15) is 4.31 Å². The number of carbonyl (C=O) groups excluding carboxylic acids is 1. The summed E-state index contributed by atoms with van der Waals surface area (Å²) in [5, 5.41) is 2.80.